The molecule has 0 unspecified atom stereocenters. The first-order valence-electron chi connectivity index (χ1n) is 7.03. The summed E-state index contributed by atoms with van der Waals surface area (Å²) in [6, 6.07) is 9.69. The van der Waals surface area contributed by atoms with Crippen LogP contribution in [0.4, 0.5) is 5.88 Å². The van der Waals surface area contributed by atoms with Gasteiger partial charge in [0.2, 0.25) is 11.8 Å². The highest BCUT2D eigenvalue weighted by Gasteiger charge is 2.24. The number of aromatic nitrogens is 1. The summed E-state index contributed by atoms with van der Waals surface area (Å²) in [4.78, 5) is 12.0. The fourth-order valence-electron chi connectivity index (χ4n) is 2.63. The third-order valence-electron chi connectivity index (χ3n) is 3.76. The monoisotopic (exact) mass is 270 g/mol. The van der Waals surface area contributed by atoms with E-state index in [2.05, 4.69) is 17.4 Å². The molecule has 4 heteroatoms. The SMILES string of the molecule is C[C@H]1CCc2noc(NC(=O)Cc3ccccc3)c2C1. The van der Waals surface area contributed by atoms with Gasteiger partial charge in [0.05, 0.1) is 12.1 Å². The van der Waals surface area contributed by atoms with Gasteiger partial charge in [0.1, 0.15) is 0 Å². The van der Waals surface area contributed by atoms with E-state index in [9.17, 15) is 4.79 Å². The number of hydrogen-bond acceptors (Lipinski definition) is 3. The van der Waals surface area contributed by atoms with Gasteiger partial charge in [0, 0.05) is 5.56 Å². The number of nitrogens with zero attached hydrogens (tertiary/aromatic N) is 1. The normalized spacial score (nSPS) is 17.6. The van der Waals surface area contributed by atoms with E-state index >= 15 is 0 Å². The lowest BCUT2D eigenvalue weighted by atomic mass is 9.89. The molecule has 1 atom stereocenters. The molecule has 104 valence electrons. The maximum absolute atomic E-state index is 12.0. The van der Waals surface area contributed by atoms with E-state index in [0.717, 1.165) is 36.1 Å². The lowest BCUT2D eigenvalue weighted by Crippen LogP contribution is -2.17. The molecule has 0 aliphatic heterocycles. The molecule has 0 saturated carbocycles. The molecule has 1 N–H and O–H groups in total. The second kappa shape index (κ2) is 5.49. The van der Waals surface area contributed by atoms with Crippen molar-refractivity contribution in [3.8, 4) is 0 Å². The number of anilines is 1. The molecule has 0 bridgehead atoms. The maximum atomic E-state index is 12.0. The smallest absolute Gasteiger partial charge is 0.234 e. The molecule has 0 spiro atoms. The molecule has 1 amide bonds. The quantitative estimate of drug-likeness (QED) is 0.932. The van der Waals surface area contributed by atoms with Crippen LogP contribution < -0.4 is 5.32 Å². The van der Waals surface area contributed by atoms with Gasteiger partial charge in [-0.15, -0.1) is 0 Å². The Kier molecular flexibility index (Phi) is 3.54. The lowest BCUT2D eigenvalue weighted by Gasteiger charge is -2.16. The molecule has 4 nitrogen and oxygen atoms in total. The van der Waals surface area contributed by atoms with E-state index in [1.54, 1.807) is 0 Å². The number of carbonyl (C=O) groups excluding carboxylic acids is 1. The van der Waals surface area contributed by atoms with Crippen LogP contribution in [0.15, 0.2) is 34.9 Å². The predicted octanol–water partition coefficient (Wildman–Crippen LogP) is 2.98. The fourth-order valence-corrected chi connectivity index (χ4v) is 2.63. The van der Waals surface area contributed by atoms with Crippen LogP contribution in [-0.2, 0) is 24.1 Å². The van der Waals surface area contributed by atoms with Crippen molar-refractivity contribution < 1.29 is 9.32 Å². The van der Waals surface area contributed by atoms with Crippen molar-refractivity contribution in [1.82, 2.24) is 5.16 Å². The van der Waals surface area contributed by atoms with Crippen molar-refractivity contribution in [2.24, 2.45) is 5.92 Å². The second-order valence-corrected chi connectivity index (χ2v) is 5.50. The average molecular weight is 270 g/mol. The largest absolute Gasteiger partial charge is 0.338 e. The van der Waals surface area contributed by atoms with Crippen molar-refractivity contribution in [2.45, 2.75) is 32.6 Å². The fraction of sp³-hybridized carbons (Fsp3) is 0.375. The molecule has 0 radical (unpaired) electrons. The highest BCUT2D eigenvalue weighted by atomic mass is 16.5. The first-order valence-corrected chi connectivity index (χ1v) is 7.03. The van der Waals surface area contributed by atoms with Crippen LogP contribution in [-0.4, -0.2) is 11.1 Å². The number of fused-ring (bicyclic) bond motifs is 1. The summed E-state index contributed by atoms with van der Waals surface area (Å²) in [5.74, 6) is 1.09. The van der Waals surface area contributed by atoms with Gasteiger partial charge < -0.3 is 4.52 Å². The van der Waals surface area contributed by atoms with Gasteiger partial charge in [-0.25, -0.2) is 0 Å². The van der Waals surface area contributed by atoms with Crippen LogP contribution in [0.2, 0.25) is 0 Å². The molecule has 1 aliphatic rings. The molecule has 1 aromatic heterocycles. The highest BCUT2D eigenvalue weighted by molar-refractivity contribution is 5.91. The van der Waals surface area contributed by atoms with Gasteiger partial charge >= 0.3 is 0 Å². The van der Waals surface area contributed by atoms with E-state index in [1.165, 1.54) is 0 Å². The Morgan fingerprint density at radius 1 is 1.40 bits per heavy atom. The number of benzene rings is 1. The Morgan fingerprint density at radius 3 is 3.00 bits per heavy atom. The summed E-state index contributed by atoms with van der Waals surface area (Å²) < 4.78 is 5.29. The Labute approximate surface area is 118 Å². The lowest BCUT2D eigenvalue weighted by molar-refractivity contribution is -0.115. The summed E-state index contributed by atoms with van der Waals surface area (Å²) in [7, 11) is 0. The predicted molar refractivity (Wildman–Crippen MR) is 76.5 cm³/mol. The number of carbonyl (C=O) groups is 1. The van der Waals surface area contributed by atoms with Crippen molar-refractivity contribution in [1.29, 1.82) is 0 Å². The molecule has 3 rings (SSSR count). The zero-order valence-electron chi connectivity index (χ0n) is 11.6. The summed E-state index contributed by atoms with van der Waals surface area (Å²) in [6.45, 7) is 2.21. The van der Waals surface area contributed by atoms with Crippen LogP contribution in [0.1, 0.15) is 30.2 Å². The second-order valence-electron chi connectivity index (χ2n) is 5.50. The number of rotatable bonds is 3. The highest BCUT2D eigenvalue weighted by Crippen LogP contribution is 2.30. The Morgan fingerprint density at radius 2 is 2.20 bits per heavy atom. The van der Waals surface area contributed by atoms with Gasteiger partial charge in [-0.2, -0.15) is 0 Å². The Bertz CT molecular complexity index is 604. The molecule has 1 aliphatic carbocycles. The Balaban J connectivity index is 1.69. The van der Waals surface area contributed by atoms with Gasteiger partial charge in [-0.05, 0) is 30.7 Å². The maximum Gasteiger partial charge on any atom is 0.234 e. The summed E-state index contributed by atoms with van der Waals surface area (Å²) in [5.41, 5.74) is 3.06. The van der Waals surface area contributed by atoms with Crippen LogP contribution in [0.3, 0.4) is 0 Å². The molecule has 2 aromatic rings. The van der Waals surface area contributed by atoms with Crippen LogP contribution >= 0.6 is 0 Å². The van der Waals surface area contributed by atoms with Crippen molar-refractivity contribution in [3.63, 3.8) is 0 Å². The minimum atomic E-state index is -0.0617. The van der Waals surface area contributed by atoms with E-state index in [1.807, 2.05) is 30.3 Å². The van der Waals surface area contributed by atoms with Crippen molar-refractivity contribution >= 4 is 11.8 Å². The minimum absolute atomic E-state index is 0.0617. The molecular formula is C16H18N2O2. The summed E-state index contributed by atoms with van der Waals surface area (Å²) in [5, 5.41) is 6.91. The molecule has 0 fully saturated rings. The van der Waals surface area contributed by atoms with Crippen LogP contribution in [0, 0.1) is 5.92 Å². The average Bonchev–Trinajstić information content (AvgIpc) is 2.82. The van der Waals surface area contributed by atoms with Crippen LogP contribution in [0.25, 0.3) is 0 Å². The van der Waals surface area contributed by atoms with E-state index in [-0.39, 0.29) is 5.91 Å². The molecule has 0 saturated heterocycles. The molecule has 1 heterocycles. The third kappa shape index (κ3) is 2.74. The zero-order valence-corrected chi connectivity index (χ0v) is 11.6. The van der Waals surface area contributed by atoms with Crippen LogP contribution in [0.5, 0.6) is 0 Å². The van der Waals surface area contributed by atoms with Crippen molar-refractivity contribution in [2.75, 3.05) is 5.32 Å². The van der Waals surface area contributed by atoms with Gasteiger partial charge in [-0.1, -0.05) is 42.4 Å². The zero-order chi connectivity index (χ0) is 13.9. The van der Waals surface area contributed by atoms with E-state index in [4.69, 9.17) is 4.52 Å². The number of aryl methyl sites for hydroxylation is 1. The first kappa shape index (κ1) is 12.9. The van der Waals surface area contributed by atoms with Gasteiger partial charge in [-0.3, -0.25) is 10.1 Å². The first-order chi connectivity index (χ1) is 9.72. The Hall–Kier alpha value is -2.10. The van der Waals surface area contributed by atoms with Gasteiger partial charge in [0.15, 0.2) is 0 Å². The molecule has 1 aromatic carbocycles. The van der Waals surface area contributed by atoms with E-state index in [0.29, 0.717) is 18.2 Å². The number of hydrogen-bond donors (Lipinski definition) is 1. The number of nitrogens with one attached hydrogen (secondary N) is 1. The van der Waals surface area contributed by atoms with Crippen molar-refractivity contribution in [3.05, 3.63) is 47.2 Å². The molecule has 20 heavy (non-hydrogen) atoms. The molecular weight excluding hydrogens is 252 g/mol. The minimum Gasteiger partial charge on any atom is -0.338 e. The number of amides is 1. The van der Waals surface area contributed by atoms with E-state index < -0.39 is 0 Å². The third-order valence-corrected chi connectivity index (χ3v) is 3.76. The summed E-state index contributed by atoms with van der Waals surface area (Å²) in [6.07, 6.45) is 3.36. The topological polar surface area (TPSA) is 55.1 Å². The van der Waals surface area contributed by atoms with Gasteiger partial charge in [0.25, 0.3) is 0 Å². The standard InChI is InChI=1S/C16H18N2O2/c1-11-7-8-14-13(9-11)16(20-18-14)17-15(19)10-12-5-3-2-4-6-12/h2-6,11H,7-10H2,1H3,(H,17,19)/t11-/m0/s1. The summed E-state index contributed by atoms with van der Waals surface area (Å²) >= 11 is 0.